The van der Waals surface area contributed by atoms with Crippen LogP contribution in [0.15, 0.2) is 42.5 Å². The molecule has 0 bridgehead atoms. The van der Waals surface area contributed by atoms with Crippen molar-refractivity contribution in [3.63, 3.8) is 0 Å². The first-order chi connectivity index (χ1) is 12.8. The molecular weight excluding hydrogens is 361 g/mol. The second-order valence-electron chi connectivity index (χ2n) is 5.69. The standard InChI is InChI=1S/C18H15F3N4O2/c1-27-12-5-2-10(3-6-12)9-23-17-15(16(22)26)24-13-7-4-11(18(19,20)21)8-14(13)25-17/h2-8H,9H2,1H3,(H2,22,26)(H,23,25). The van der Waals surface area contributed by atoms with Crippen molar-refractivity contribution >= 4 is 22.8 Å². The molecule has 0 aliphatic heterocycles. The topological polar surface area (TPSA) is 90.1 Å². The lowest BCUT2D eigenvalue weighted by Gasteiger charge is -2.12. The molecule has 1 aromatic heterocycles. The molecule has 0 aliphatic carbocycles. The van der Waals surface area contributed by atoms with Gasteiger partial charge in [-0.3, -0.25) is 4.79 Å². The highest BCUT2D eigenvalue weighted by Gasteiger charge is 2.31. The van der Waals surface area contributed by atoms with Crippen molar-refractivity contribution in [1.29, 1.82) is 0 Å². The summed E-state index contributed by atoms with van der Waals surface area (Å²) >= 11 is 0. The number of primary amides is 1. The predicted octanol–water partition coefficient (Wildman–Crippen LogP) is 3.37. The lowest BCUT2D eigenvalue weighted by Crippen LogP contribution is -2.18. The van der Waals surface area contributed by atoms with Gasteiger partial charge in [0.1, 0.15) is 5.75 Å². The van der Waals surface area contributed by atoms with Crippen molar-refractivity contribution in [1.82, 2.24) is 9.97 Å². The summed E-state index contributed by atoms with van der Waals surface area (Å²) in [6, 6.07) is 10.0. The summed E-state index contributed by atoms with van der Waals surface area (Å²) in [7, 11) is 1.55. The molecule has 0 radical (unpaired) electrons. The van der Waals surface area contributed by atoms with E-state index in [0.717, 1.165) is 23.8 Å². The summed E-state index contributed by atoms with van der Waals surface area (Å²) in [4.78, 5) is 19.8. The number of nitrogens with two attached hydrogens (primary N) is 1. The first-order valence-corrected chi connectivity index (χ1v) is 7.83. The van der Waals surface area contributed by atoms with Crippen molar-refractivity contribution in [2.45, 2.75) is 12.7 Å². The Kier molecular flexibility index (Phi) is 4.85. The highest BCUT2D eigenvalue weighted by molar-refractivity contribution is 5.97. The van der Waals surface area contributed by atoms with Gasteiger partial charge in [-0.25, -0.2) is 9.97 Å². The highest BCUT2D eigenvalue weighted by Crippen LogP contribution is 2.31. The zero-order valence-corrected chi connectivity index (χ0v) is 14.2. The average molecular weight is 376 g/mol. The van der Waals surface area contributed by atoms with Crippen LogP contribution < -0.4 is 15.8 Å². The summed E-state index contributed by atoms with van der Waals surface area (Å²) in [6.45, 7) is 0.267. The number of carbonyl (C=O) groups excluding carboxylic acids is 1. The Labute approximate surface area is 152 Å². The molecule has 1 amide bonds. The number of methoxy groups -OCH3 is 1. The Hall–Kier alpha value is -3.36. The molecule has 2 aromatic carbocycles. The number of ether oxygens (including phenoxy) is 1. The van der Waals surface area contributed by atoms with Gasteiger partial charge < -0.3 is 15.8 Å². The summed E-state index contributed by atoms with van der Waals surface area (Å²) < 4.78 is 43.8. The van der Waals surface area contributed by atoms with E-state index in [0.29, 0.717) is 5.75 Å². The van der Waals surface area contributed by atoms with Crippen LogP contribution in [0.4, 0.5) is 19.0 Å². The van der Waals surface area contributed by atoms with E-state index in [2.05, 4.69) is 15.3 Å². The van der Waals surface area contributed by atoms with E-state index in [1.165, 1.54) is 0 Å². The number of alkyl halides is 3. The smallest absolute Gasteiger partial charge is 0.416 e. The number of carbonyl (C=O) groups is 1. The van der Waals surface area contributed by atoms with Crippen molar-refractivity contribution in [2.24, 2.45) is 5.73 Å². The number of aromatic nitrogens is 2. The van der Waals surface area contributed by atoms with E-state index < -0.39 is 17.6 Å². The van der Waals surface area contributed by atoms with Gasteiger partial charge in [0.15, 0.2) is 11.5 Å². The van der Waals surface area contributed by atoms with Crippen LogP contribution in [0.25, 0.3) is 11.0 Å². The van der Waals surface area contributed by atoms with E-state index in [9.17, 15) is 18.0 Å². The van der Waals surface area contributed by atoms with Crippen LogP contribution in [0, 0.1) is 0 Å². The van der Waals surface area contributed by atoms with E-state index >= 15 is 0 Å². The molecule has 0 atom stereocenters. The quantitative estimate of drug-likeness (QED) is 0.713. The van der Waals surface area contributed by atoms with Gasteiger partial charge in [0.05, 0.1) is 23.7 Å². The lowest BCUT2D eigenvalue weighted by atomic mass is 10.1. The molecule has 0 aliphatic rings. The number of anilines is 1. The normalized spacial score (nSPS) is 11.4. The zero-order chi connectivity index (χ0) is 19.6. The maximum absolute atomic E-state index is 12.9. The van der Waals surface area contributed by atoms with Crippen LogP contribution in [0.2, 0.25) is 0 Å². The number of rotatable bonds is 5. The third kappa shape index (κ3) is 4.08. The third-order valence-corrected chi connectivity index (χ3v) is 3.84. The number of halogens is 3. The van der Waals surface area contributed by atoms with Gasteiger partial charge >= 0.3 is 6.18 Å². The fourth-order valence-corrected chi connectivity index (χ4v) is 2.45. The number of amides is 1. The Balaban J connectivity index is 1.95. The Bertz CT molecular complexity index is 988. The molecular formula is C18H15F3N4O2. The van der Waals surface area contributed by atoms with Crippen LogP contribution in [0.1, 0.15) is 21.6 Å². The van der Waals surface area contributed by atoms with Gasteiger partial charge in [0, 0.05) is 6.54 Å². The number of benzene rings is 2. The lowest BCUT2D eigenvalue weighted by molar-refractivity contribution is -0.137. The molecule has 3 aromatic rings. The maximum Gasteiger partial charge on any atom is 0.416 e. The molecule has 1 heterocycles. The van der Waals surface area contributed by atoms with Crippen LogP contribution in [-0.2, 0) is 12.7 Å². The van der Waals surface area contributed by atoms with Gasteiger partial charge in [-0.2, -0.15) is 13.2 Å². The summed E-state index contributed by atoms with van der Waals surface area (Å²) in [5, 5.41) is 2.90. The second-order valence-corrected chi connectivity index (χ2v) is 5.69. The largest absolute Gasteiger partial charge is 0.497 e. The van der Waals surface area contributed by atoms with E-state index in [1.807, 2.05) is 0 Å². The Morgan fingerprint density at radius 2 is 1.81 bits per heavy atom. The molecule has 140 valence electrons. The number of hydrogen-bond acceptors (Lipinski definition) is 5. The molecule has 3 rings (SSSR count). The highest BCUT2D eigenvalue weighted by atomic mass is 19.4. The molecule has 27 heavy (non-hydrogen) atoms. The van der Waals surface area contributed by atoms with Gasteiger partial charge in [-0.05, 0) is 35.9 Å². The molecule has 6 nitrogen and oxygen atoms in total. The van der Waals surface area contributed by atoms with Gasteiger partial charge in [0.25, 0.3) is 5.91 Å². The number of nitrogens with zero attached hydrogens (tertiary/aromatic N) is 2. The minimum absolute atomic E-state index is 0.00653. The van der Waals surface area contributed by atoms with Crippen molar-refractivity contribution < 1.29 is 22.7 Å². The predicted molar refractivity (Wildman–Crippen MR) is 93.4 cm³/mol. The van der Waals surface area contributed by atoms with Crippen LogP contribution in [0.3, 0.4) is 0 Å². The van der Waals surface area contributed by atoms with Crippen LogP contribution >= 0.6 is 0 Å². The monoisotopic (exact) mass is 376 g/mol. The Morgan fingerprint density at radius 3 is 2.41 bits per heavy atom. The molecule has 0 spiro atoms. The van der Waals surface area contributed by atoms with E-state index in [4.69, 9.17) is 10.5 Å². The Morgan fingerprint density at radius 1 is 1.11 bits per heavy atom. The summed E-state index contributed by atoms with van der Waals surface area (Å²) in [5.74, 6) is -0.131. The third-order valence-electron chi connectivity index (χ3n) is 3.84. The van der Waals surface area contributed by atoms with E-state index in [1.54, 1.807) is 31.4 Å². The molecule has 0 unspecified atom stereocenters. The van der Waals surface area contributed by atoms with Crippen molar-refractivity contribution in [3.05, 3.63) is 59.3 Å². The first kappa shape index (κ1) is 18.4. The summed E-state index contributed by atoms with van der Waals surface area (Å²) in [5.41, 5.74) is 5.34. The molecule has 0 saturated carbocycles. The van der Waals surface area contributed by atoms with Crippen LogP contribution in [0.5, 0.6) is 5.75 Å². The number of nitrogens with one attached hydrogen (secondary N) is 1. The average Bonchev–Trinajstić information content (AvgIpc) is 2.64. The number of hydrogen-bond donors (Lipinski definition) is 2. The SMILES string of the molecule is COc1ccc(CNc2nc3cc(C(F)(F)F)ccc3nc2C(N)=O)cc1. The maximum atomic E-state index is 12.9. The van der Waals surface area contributed by atoms with Crippen molar-refractivity contribution in [2.75, 3.05) is 12.4 Å². The van der Waals surface area contributed by atoms with E-state index in [-0.39, 0.29) is 29.1 Å². The molecule has 0 saturated heterocycles. The first-order valence-electron chi connectivity index (χ1n) is 7.83. The zero-order valence-electron chi connectivity index (χ0n) is 14.2. The minimum Gasteiger partial charge on any atom is -0.497 e. The van der Waals surface area contributed by atoms with Crippen LogP contribution in [-0.4, -0.2) is 23.0 Å². The second kappa shape index (κ2) is 7.10. The minimum atomic E-state index is -4.51. The fourth-order valence-electron chi connectivity index (χ4n) is 2.45. The number of fused-ring (bicyclic) bond motifs is 1. The van der Waals surface area contributed by atoms with Crippen molar-refractivity contribution in [3.8, 4) is 5.75 Å². The van der Waals surface area contributed by atoms with Gasteiger partial charge in [-0.1, -0.05) is 12.1 Å². The summed E-state index contributed by atoms with van der Waals surface area (Å²) in [6.07, 6.45) is -4.51. The molecule has 0 fully saturated rings. The van der Waals surface area contributed by atoms with Gasteiger partial charge in [0.2, 0.25) is 0 Å². The molecule has 9 heteroatoms. The van der Waals surface area contributed by atoms with Gasteiger partial charge in [-0.15, -0.1) is 0 Å². The fraction of sp³-hybridized carbons (Fsp3) is 0.167. The molecule has 3 N–H and O–H groups in total.